The van der Waals surface area contributed by atoms with Crippen LogP contribution in [-0.4, -0.2) is 21.5 Å². The van der Waals surface area contributed by atoms with Crippen LogP contribution in [0.2, 0.25) is 0 Å². The molecular formula is C21H34Cl2N4O. The predicted octanol–water partition coefficient (Wildman–Crippen LogP) is 4.94. The summed E-state index contributed by atoms with van der Waals surface area (Å²) in [5.74, 6) is 0.901. The van der Waals surface area contributed by atoms with E-state index in [1.165, 1.54) is 12.8 Å². The summed E-state index contributed by atoms with van der Waals surface area (Å²) in [6.45, 7) is 6.32. The number of carbonyl (C=O) groups is 1. The lowest BCUT2D eigenvalue weighted by atomic mass is 9.86. The molecule has 28 heavy (non-hydrogen) atoms. The number of carbonyl (C=O) groups excluding carboxylic acids is 1. The molecule has 7 heteroatoms. The number of hydrogen-bond acceptors (Lipinski definition) is 3. The standard InChI is InChI=1S/C21H32N4O.2ClH/c1-14(2)25-19-13-9-8-12-18(19)24-20(25)15(3)23-21(26)16-10-6-4-5-7-11-17(16)22;;/h8-9,12-17H,4-7,10-11,22H2,1-3H3,(H,23,26);2*1H. The number of nitrogens with zero attached hydrogens (tertiary/aromatic N) is 2. The van der Waals surface area contributed by atoms with Gasteiger partial charge in [-0.25, -0.2) is 4.98 Å². The average Bonchev–Trinajstić information content (AvgIpc) is 2.98. The molecule has 1 amide bonds. The molecule has 0 bridgehead atoms. The number of halogens is 2. The Morgan fingerprint density at radius 3 is 2.43 bits per heavy atom. The van der Waals surface area contributed by atoms with Gasteiger partial charge in [-0.05, 0) is 45.7 Å². The zero-order valence-electron chi connectivity index (χ0n) is 17.1. The lowest BCUT2D eigenvalue weighted by Gasteiger charge is -2.27. The van der Waals surface area contributed by atoms with Crippen LogP contribution in [0, 0.1) is 5.92 Å². The fourth-order valence-electron chi connectivity index (χ4n) is 4.13. The van der Waals surface area contributed by atoms with E-state index in [0.717, 1.165) is 42.5 Å². The highest BCUT2D eigenvalue weighted by atomic mass is 35.5. The highest BCUT2D eigenvalue weighted by Gasteiger charge is 2.28. The molecule has 3 unspecified atom stereocenters. The Hall–Kier alpha value is -1.30. The fraction of sp³-hybridized carbons (Fsp3) is 0.619. The summed E-state index contributed by atoms with van der Waals surface area (Å²) in [7, 11) is 0. The lowest BCUT2D eigenvalue weighted by Crippen LogP contribution is -2.43. The van der Waals surface area contributed by atoms with Gasteiger partial charge in [0.15, 0.2) is 0 Å². The van der Waals surface area contributed by atoms with Crippen molar-refractivity contribution < 1.29 is 4.79 Å². The van der Waals surface area contributed by atoms with E-state index >= 15 is 0 Å². The number of hydrogen-bond donors (Lipinski definition) is 2. The van der Waals surface area contributed by atoms with Gasteiger partial charge in [-0.15, -0.1) is 24.8 Å². The first-order valence-corrected chi connectivity index (χ1v) is 10.0. The van der Waals surface area contributed by atoms with Crippen molar-refractivity contribution in [3.05, 3.63) is 30.1 Å². The molecule has 3 atom stereocenters. The van der Waals surface area contributed by atoms with Crippen molar-refractivity contribution >= 4 is 41.8 Å². The zero-order valence-corrected chi connectivity index (χ0v) is 18.7. The van der Waals surface area contributed by atoms with E-state index < -0.39 is 0 Å². The van der Waals surface area contributed by atoms with Crippen molar-refractivity contribution in [2.75, 3.05) is 0 Å². The Bertz CT molecular complexity index is 762. The molecule has 1 heterocycles. The summed E-state index contributed by atoms with van der Waals surface area (Å²) in [6, 6.07) is 8.24. The van der Waals surface area contributed by atoms with Crippen LogP contribution in [0.4, 0.5) is 0 Å². The number of amides is 1. The molecule has 1 saturated carbocycles. The molecule has 3 N–H and O–H groups in total. The summed E-state index contributed by atoms with van der Waals surface area (Å²) in [5, 5.41) is 3.20. The Balaban J connectivity index is 0.00000196. The molecule has 3 rings (SSSR count). The Labute approximate surface area is 180 Å². The summed E-state index contributed by atoms with van der Waals surface area (Å²) >= 11 is 0. The lowest BCUT2D eigenvalue weighted by molar-refractivity contribution is -0.126. The summed E-state index contributed by atoms with van der Waals surface area (Å²) < 4.78 is 2.22. The van der Waals surface area contributed by atoms with E-state index in [9.17, 15) is 4.79 Å². The SMILES string of the molecule is CC(NC(=O)C1CCCCCCC1N)c1nc2ccccc2n1C(C)C.Cl.Cl. The second-order valence-electron chi connectivity index (χ2n) is 7.91. The third-order valence-corrected chi connectivity index (χ3v) is 5.54. The molecule has 0 radical (unpaired) electrons. The smallest absolute Gasteiger partial charge is 0.225 e. The molecule has 1 aromatic carbocycles. The number of fused-ring (bicyclic) bond motifs is 1. The maximum Gasteiger partial charge on any atom is 0.225 e. The van der Waals surface area contributed by atoms with Gasteiger partial charge in [-0.3, -0.25) is 4.79 Å². The molecule has 0 saturated heterocycles. The number of rotatable bonds is 4. The van der Waals surface area contributed by atoms with Crippen LogP contribution in [0.5, 0.6) is 0 Å². The minimum atomic E-state index is -0.144. The maximum absolute atomic E-state index is 12.9. The number of aromatic nitrogens is 2. The maximum atomic E-state index is 12.9. The predicted molar refractivity (Wildman–Crippen MR) is 120 cm³/mol. The molecule has 2 aromatic rings. The van der Waals surface area contributed by atoms with Gasteiger partial charge in [0.1, 0.15) is 5.82 Å². The second-order valence-corrected chi connectivity index (χ2v) is 7.91. The van der Waals surface area contributed by atoms with Crippen LogP contribution in [0.15, 0.2) is 24.3 Å². The van der Waals surface area contributed by atoms with E-state index in [0.29, 0.717) is 0 Å². The monoisotopic (exact) mass is 428 g/mol. The van der Waals surface area contributed by atoms with Crippen LogP contribution in [0.25, 0.3) is 11.0 Å². The molecule has 1 aromatic heterocycles. The Kier molecular flexibility index (Phi) is 9.75. The summed E-state index contributed by atoms with van der Waals surface area (Å²) in [5.41, 5.74) is 8.41. The fourth-order valence-corrected chi connectivity index (χ4v) is 4.13. The van der Waals surface area contributed by atoms with E-state index in [1.807, 2.05) is 25.1 Å². The van der Waals surface area contributed by atoms with Crippen molar-refractivity contribution in [2.45, 2.75) is 77.4 Å². The molecule has 5 nitrogen and oxygen atoms in total. The van der Waals surface area contributed by atoms with Crippen LogP contribution in [-0.2, 0) is 4.79 Å². The first-order chi connectivity index (χ1) is 12.5. The van der Waals surface area contributed by atoms with Gasteiger partial charge in [-0.2, -0.15) is 0 Å². The van der Waals surface area contributed by atoms with Crippen LogP contribution in [0.1, 0.15) is 77.2 Å². The van der Waals surface area contributed by atoms with Gasteiger partial charge in [0.05, 0.1) is 23.0 Å². The third kappa shape index (κ3) is 5.40. The van der Waals surface area contributed by atoms with Gasteiger partial charge in [0.25, 0.3) is 0 Å². The summed E-state index contributed by atoms with van der Waals surface area (Å²) in [4.78, 5) is 17.7. The minimum absolute atomic E-state index is 0. The largest absolute Gasteiger partial charge is 0.346 e. The average molecular weight is 429 g/mol. The highest BCUT2D eigenvalue weighted by Crippen LogP contribution is 2.26. The van der Waals surface area contributed by atoms with Crippen molar-refractivity contribution in [2.24, 2.45) is 11.7 Å². The van der Waals surface area contributed by atoms with Gasteiger partial charge in [0, 0.05) is 12.1 Å². The van der Waals surface area contributed by atoms with Crippen molar-refractivity contribution in [1.82, 2.24) is 14.9 Å². The molecule has 0 aliphatic heterocycles. The number of para-hydroxylation sites is 2. The number of imidazole rings is 1. The Morgan fingerprint density at radius 2 is 1.75 bits per heavy atom. The van der Waals surface area contributed by atoms with Gasteiger partial charge < -0.3 is 15.6 Å². The first kappa shape index (κ1) is 24.7. The van der Waals surface area contributed by atoms with Gasteiger partial charge >= 0.3 is 0 Å². The van der Waals surface area contributed by atoms with Crippen molar-refractivity contribution in [3.63, 3.8) is 0 Å². The second kappa shape index (κ2) is 11.0. The molecule has 158 valence electrons. The van der Waals surface area contributed by atoms with Crippen LogP contribution in [0.3, 0.4) is 0 Å². The molecule has 1 aliphatic rings. The van der Waals surface area contributed by atoms with Crippen LogP contribution < -0.4 is 11.1 Å². The summed E-state index contributed by atoms with van der Waals surface area (Å²) in [6.07, 6.45) is 6.48. The zero-order chi connectivity index (χ0) is 18.7. The minimum Gasteiger partial charge on any atom is -0.346 e. The van der Waals surface area contributed by atoms with E-state index in [4.69, 9.17) is 10.7 Å². The molecular weight excluding hydrogens is 395 g/mol. The van der Waals surface area contributed by atoms with E-state index in [1.54, 1.807) is 0 Å². The molecule has 1 fully saturated rings. The van der Waals surface area contributed by atoms with Crippen molar-refractivity contribution in [3.8, 4) is 0 Å². The van der Waals surface area contributed by atoms with E-state index in [-0.39, 0.29) is 54.8 Å². The normalized spacial score (nSPS) is 21.2. The number of nitrogens with two attached hydrogens (primary N) is 1. The van der Waals surface area contributed by atoms with Gasteiger partial charge in [-0.1, -0.05) is 37.8 Å². The van der Waals surface area contributed by atoms with Crippen molar-refractivity contribution in [1.29, 1.82) is 0 Å². The number of nitrogens with one attached hydrogen (secondary N) is 1. The van der Waals surface area contributed by atoms with Crippen LogP contribution >= 0.6 is 24.8 Å². The Morgan fingerprint density at radius 1 is 1.11 bits per heavy atom. The quantitative estimate of drug-likeness (QED) is 0.724. The topological polar surface area (TPSA) is 72.9 Å². The third-order valence-electron chi connectivity index (χ3n) is 5.54. The number of benzene rings is 1. The van der Waals surface area contributed by atoms with E-state index in [2.05, 4.69) is 29.8 Å². The molecule has 0 spiro atoms. The highest BCUT2D eigenvalue weighted by molar-refractivity contribution is 5.85. The first-order valence-electron chi connectivity index (χ1n) is 10.0. The molecule has 1 aliphatic carbocycles. The van der Waals surface area contributed by atoms with Gasteiger partial charge in [0.2, 0.25) is 5.91 Å².